The first-order valence-corrected chi connectivity index (χ1v) is 7.40. The maximum Gasteiger partial charge on any atom is 0.257 e. The molecule has 0 bridgehead atoms. The number of hydrogen-bond donors (Lipinski definition) is 1. The van der Waals surface area contributed by atoms with Crippen LogP contribution in [-0.4, -0.2) is 22.0 Å². The molecule has 17 heavy (non-hydrogen) atoms. The molecule has 92 valence electrons. The first-order valence-electron chi connectivity index (χ1n) is 5.47. The summed E-state index contributed by atoms with van der Waals surface area (Å²) in [5.74, 6) is 2.05. The SMILES string of the molecule is CC(CCN)SCc1nnc(-c2cccs2)o1. The van der Waals surface area contributed by atoms with E-state index in [1.54, 1.807) is 23.1 Å². The zero-order chi connectivity index (χ0) is 12.1. The van der Waals surface area contributed by atoms with Gasteiger partial charge in [0.2, 0.25) is 5.89 Å². The van der Waals surface area contributed by atoms with Crippen LogP contribution in [0.3, 0.4) is 0 Å². The van der Waals surface area contributed by atoms with Gasteiger partial charge in [-0.3, -0.25) is 0 Å². The van der Waals surface area contributed by atoms with Crippen LogP contribution in [0.2, 0.25) is 0 Å². The summed E-state index contributed by atoms with van der Waals surface area (Å²) < 4.78 is 5.59. The van der Waals surface area contributed by atoms with Crippen molar-refractivity contribution in [3.05, 3.63) is 23.4 Å². The molecule has 2 rings (SSSR count). The van der Waals surface area contributed by atoms with Crippen molar-refractivity contribution >= 4 is 23.1 Å². The van der Waals surface area contributed by atoms with Gasteiger partial charge in [0, 0.05) is 5.25 Å². The molecule has 2 N–H and O–H groups in total. The van der Waals surface area contributed by atoms with Gasteiger partial charge in [-0.05, 0) is 24.4 Å². The summed E-state index contributed by atoms with van der Waals surface area (Å²) in [6, 6.07) is 3.95. The molecule has 0 aliphatic rings. The predicted octanol–water partition coefficient (Wildman–Crippen LogP) is 2.77. The minimum Gasteiger partial charge on any atom is -0.419 e. The van der Waals surface area contributed by atoms with Crippen molar-refractivity contribution in [2.24, 2.45) is 5.73 Å². The Morgan fingerprint density at radius 3 is 3.12 bits per heavy atom. The Bertz CT molecular complexity index is 441. The number of hydrogen-bond acceptors (Lipinski definition) is 6. The fourth-order valence-electron chi connectivity index (χ4n) is 1.34. The third-order valence-electron chi connectivity index (χ3n) is 2.26. The Hall–Kier alpha value is -0.850. The quantitative estimate of drug-likeness (QED) is 0.873. The maximum atomic E-state index is 5.59. The zero-order valence-electron chi connectivity index (χ0n) is 9.63. The topological polar surface area (TPSA) is 64.9 Å². The highest BCUT2D eigenvalue weighted by molar-refractivity contribution is 7.99. The lowest BCUT2D eigenvalue weighted by molar-refractivity contribution is 0.529. The molecule has 1 atom stereocenters. The Kier molecular flexibility index (Phi) is 4.58. The third kappa shape index (κ3) is 3.55. The van der Waals surface area contributed by atoms with Crippen LogP contribution < -0.4 is 5.73 Å². The Balaban J connectivity index is 1.91. The van der Waals surface area contributed by atoms with Crippen LogP contribution in [-0.2, 0) is 5.75 Å². The molecule has 6 heteroatoms. The van der Waals surface area contributed by atoms with Gasteiger partial charge >= 0.3 is 0 Å². The van der Waals surface area contributed by atoms with Gasteiger partial charge < -0.3 is 10.2 Å². The Morgan fingerprint density at radius 1 is 1.53 bits per heavy atom. The molecule has 0 aliphatic heterocycles. The number of thiophene rings is 1. The lowest BCUT2D eigenvalue weighted by Gasteiger charge is -2.06. The van der Waals surface area contributed by atoms with Crippen molar-refractivity contribution in [1.29, 1.82) is 0 Å². The molecule has 0 aromatic carbocycles. The number of nitrogens with two attached hydrogens (primary N) is 1. The van der Waals surface area contributed by atoms with Gasteiger partial charge in [-0.2, -0.15) is 0 Å². The third-order valence-corrected chi connectivity index (χ3v) is 4.34. The van der Waals surface area contributed by atoms with E-state index in [4.69, 9.17) is 10.2 Å². The molecule has 2 heterocycles. The van der Waals surface area contributed by atoms with E-state index in [-0.39, 0.29) is 0 Å². The van der Waals surface area contributed by atoms with E-state index in [1.807, 2.05) is 17.5 Å². The molecule has 0 fully saturated rings. The number of thioether (sulfide) groups is 1. The summed E-state index contributed by atoms with van der Waals surface area (Å²) in [5, 5.41) is 10.6. The van der Waals surface area contributed by atoms with Gasteiger partial charge in [0.05, 0.1) is 10.6 Å². The standard InChI is InChI=1S/C11H15N3OS2/c1-8(4-5-12)17-7-10-13-14-11(15-10)9-3-2-6-16-9/h2-3,6,8H,4-5,7,12H2,1H3. The molecule has 4 nitrogen and oxygen atoms in total. The van der Waals surface area contributed by atoms with Crippen molar-refractivity contribution in [1.82, 2.24) is 10.2 Å². The summed E-state index contributed by atoms with van der Waals surface area (Å²) in [6.07, 6.45) is 1.01. The highest BCUT2D eigenvalue weighted by atomic mass is 32.2. The molecule has 0 saturated heterocycles. The molecule has 0 radical (unpaired) electrons. The highest BCUT2D eigenvalue weighted by Crippen LogP contribution is 2.25. The van der Waals surface area contributed by atoms with Crippen LogP contribution in [0.5, 0.6) is 0 Å². The van der Waals surface area contributed by atoms with Crippen molar-refractivity contribution in [2.75, 3.05) is 6.54 Å². The van der Waals surface area contributed by atoms with Crippen LogP contribution in [0, 0.1) is 0 Å². The van der Waals surface area contributed by atoms with Crippen LogP contribution in [0.1, 0.15) is 19.2 Å². The highest BCUT2D eigenvalue weighted by Gasteiger charge is 2.10. The molecule has 0 spiro atoms. The maximum absolute atomic E-state index is 5.59. The summed E-state index contributed by atoms with van der Waals surface area (Å²) >= 11 is 3.39. The van der Waals surface area contributed by atoms with Gasteiger partial charge in [0.25, 0.3) is 5.89 Å². The molecular formula is C11H15N3OS2. The average molecular weight is 269 g/mol. The molecule has 0 saturated carbocycles. The van der Waals surface area contributed by atoms with E-state index < -0.39 is 0 Å². The van der Waals surface area contributed by atoms with Gasteiger partial charge in [-0.25, -0.2) is 0 Å². The second-order valence-electron chi connectivity index (χ2n) is 3.68. The van der Waals surface area contributed by atoms with Gasteiger partial charge in [-0.15, -0.1) is 33.3 Å². The van der Waals surface area contributed by atoms with E-state index in [9.17, 15) is 0 Å². The van der Waals surface area contributed by atoms with Crippen molar-refractivity contribution in [2.45, 2.75) is 24.3 Å². The summed E-state index contributed by atoms with van der Waals surface area (Å²) in [6.45, 7) is 2.88. The number of nitrogens with zero attached hydrogens (tertiary/aromatic N) is 2. The minimum atomic E-state index is 0.525. The molecule has 2 aromatic rings. The summed E-state index contributed by atoms with van der Waals surface area (Å²) in [5.41, 5.74) is 5.50. The van der Waals surface area contributed by atoms with E-state index >= 15 is 0 Å². The number of aromatic nitrogens is 2. The molecule has 1 unspecified atom stereocenters. The Labute approximate surface area is 109 Å². The van der Waals surface area contributed by atoms with Crippen LogP contribution >= 0.6 is 23.1 Å². The number of rotatable bonds is 6. The normalized spacial score (nSPS) is 12.8. The Morgan fingerprint density at radius 2 is 2.41 bits per heavy atom. The monoisotopic (exact) mass is 269 g/mol. The predicted molar refractivity (Wildman–Crippen MR) is 72.0 cm³/mol. The van der Waals surface area contributed by atoms with E-state index in [0.29, 0.717) is 17.0 Å². The second kappa shape index (κ2) is 6.18. The summed E-state index contributed by atoms with van der Waals surface area (Å²) in [7, 11) is 0. The fourth-order valence-corrected chi connectivity index (χ4v) is 2.83. The van der Waals surface area contributed by atoms with Crippen molar-refractivity contribution < 1.29 is 4.42 Å². The zero-order valence-corrected chi connectivity index (χ0v) is 11.3. The van der Waals surface area contributed by atoms with Crippen LogP contribution in [0.25, 0.3) is 10.8 Å². The average Bonchev–Trinajstić information content (AvgIpc) is 2.97. The van der Waals surface area contributed by atoms with E-state index in [0.717, 1.165) is 23.6 Å². The van der Waals surface area contributed by atoms with Gasteiger partial charge in [0.1, 0.15) is 0 Å². The van der Waals surface area contributed by atoms with Crippen LogP contribution in [0.4, 0.5) is 0 Å². The van der Waals surface area contributed by atoms with Gasteiger partial charge in [0.15, 0.2) is 0 Å². The van der Waals surface area contributed by atoms with E-state index in [2.05, 4.69) is 17.1 Å². The van der Waals surface area contributed by atoms with E-state index in [1.165, 1.54) is 0 Å². The minimum absolute atomic E-state index is 0.525. The first kappa shape index (κ1) is 12.6. The fraction of sp³-hybridized carbons (Fsp3) is 0.455. The first-order chi connectivity index (χ1) is 8.29. The molecular weight excluding hydrogens is 254 g/mol. The van der Waals surface area contributed by atoms with Crippen LogP contribution in [0.15, 0.2) is 21.9 Å². The second-order valence-corrected chi connectivity index (χ2v) is 6.05. The largest absolute Gasteiger partial charge is 0.419 e. The lowest BCUT2D eigenvalue weighted by atomic mass is 10.3. The van der Waals surface area contributed by atoms with Crippen molar-refractivity contribution in [3.63, 3.8) is 0 Å². The van der Waals surface area contributed by atoms with Crippen molar-refractivity contribution in [3.8, 4) is 10.8 Å². The molecule has 2 aromatic heterocycles. The lowest BCUT2D eigenvalue weighted by Crippen LogP contribution is -2.07. The smallest absolute Gasteiger partial charge is 0.257 e. The summed E-state index contributed by atoms with van der Waals surface area (Å²) in [4.78, 5) is 1.02. The van der Waals surface area contributed by atoms with Gasteiger partial charge in [-0.1, -0.05) is 13.0 Å². The molecule has 0 aliphatic carbocycles. The molecule has 0 amide bonds.